The minimum Gasteiger partial charge on any atom is -0.458 e. The van der Waals surface area contributed by atoms with Crippen molar-refractivity contribution in [2.24, 2.45) is 0 Å². The Morgan fingerprint density at radius 2 is 0.966 bits per heavy atom. The number of rotatable bonds is 8. The van der Waals surface area contributed by atoms with Gasteiger partial charge in [-0.15, -0.1) is 0 Å². The van der Waals surface area contributed by atoms with Crippen molar-refractivity contribution in [3.63, 3.8) is 0 Å². The number of hydrogen-bond donors (Lipinski definition) is 0. The Labute approximate surface area is 527 Å². The molecule has 410 valence electrons. The monoisotopic (exact) mass is 1120 g/mol. The Balaban J connectivity index is 1.06. The molecule has 0 unspecified atom stereocenters. The van der Waals surface area contributed by atoms with Crippen molar-refractivity contribution in [3.05, 3.63) is 331 Å². The van der Waals surface area contributed by atoms with Crippen molar-refractivity contribution in [1.29, 1.82) is 0 Å². The van der Waals surface area contributed by atoms with Gasteiger partial charge in [-0.2, -0.15) is 0 Å². The van der Waals surface area contributed by atoms with Gasteiger partial charge in [0.2, 0.25) is 0 Å². The highest BCUT2D eigenvalue weighted by molar-refractivity contribution is 6.99. The first-order valence-electron chi connectivity index (χ1n) is 35.9. The van der Waals surface area contributed by atoms with Gasteiger partial charge in [0.25, 0.3) is 6.71 Å². The SMILES string of the molecule is [2H]c1c([2H])c([2H])c(-c2ccc3c(c2)Oc2cc(-c4cccc5c4C(c4ccccc4)(c4ccccc4)c4ccccc4-5)cc4c2B3c2ccc(-n3c5c([2H])c([2H])c([2H])c([2H])c5c5c([2H])c([2H])c([2H])c([2H])c53)cc2N4c2c(-c3ccccc3)cc(C(C)(C)C)cc2-c2ccccc2)c([2H])c1[2H]. The second-order valence-corrected chi connectivity index (χ2v) is 23.7. The van der Waals surface area contributed by atoms with Crippen LogP contribution in [0.25, 0.3) is 83.1 Å². The van der Waals surface area contributed by atoms with Crippen molar-refractivity contribution < 1.29 is 22.6 Å². The van der Waals surface area contributed by atoms with Gasteiger partial charge in [-0.25, -0.2) is 0 Å². The fourth-order valence-corrected chi connectivity index (χ4v) is 14.2. The van der Waals surface area contributed by atoms with Gasteiger partial charge in [0.1, 0.15) is 11.5 Å². The number of ether oxygens (including phenoxy) is 1. The van der Waals surface area contributed by atoms with Crippen molar-refractivity contribution in [1.82, 2.24) is 4.57 Å². The van der Waals surface area contributed by atoms with Gasteiger partial charge >= 0.3 is 0 Å². The molecule has 0 amide bonds. The molecule has 3 heterocycles. The van der Waals surface area contributed by atoms with Gasteiger partial charge < -0.3 is 14.2 Å². The maximum Gasteiger partial charge on any atom is 0.256 e. The Morgan fingerprint density at radius 3 is 1.61 bits per heavy atom. The predicted molar refractivity (Wildman–Crippen MR) is 364 cm³/mol. The number of benzene rings is 13. The van der Waals surface area contributed by atoms with Crippen LogP contribution in [0.5, 0.6) is 11.5 Å². The molecule has 1 aliphatic carbocycles. The van der Waals surface area contributed by atoms with Crippen LogP contribution in [0, 0.1) is 0 Å². The van der Waals surface area contributed by atoms with Crippen LogP contribution in [-0.4, -0.2) is 11.3 Å². The summed E-state index contributed by atoms with van der Waals surface area (Å²) >= 11 is 0. The standard InChI is InChI=1S/C83H59BN2O/c1-82(2,3)61-51-68(55-28-11-5-12-29-55)81(69(52-61)56-30-13-6-14-31-56)86-75-53-62(85-73-42-23-20-37-65(73)66-38-21-24-43-74(66)85)45-47-71(75)84-72-46-44-57(54-26-9-4-10-27-54)49-77(72)87-78-50-58(48-76(86)80(78)84)63-39-25-40-67-64-36-19-22-41-70(64)83(79(63)67,59-32-15-7-16-33-59)60-34-17-8-18-35-60/h4-53H,1-3H3/i4D,9D,10D,20D,21D,23D,24D,26D,27D,37D,38D,42D,43D. The van der Waals surface area contributed by atoms with Crippen LogP contribution in [-0.2, 0) is 10.8 Å². The van der Waals surface area contributed by atoms with Gasteiger partial charge in [-0.05, 0) is 149 Å². The van der Waals surface area contributed by atoms with Crippen LogP contribution >= 0.6 is 0 Å². The Hall–Kier alpha value is -10.7. The van der Waals surface area contributed by atoms with Crippen LogP contribution in [0.15, 0.2) is 303 Å². The third kappa shape index (κ3) is 7.77. The Bertz CT molecular complexity index is 5650. The molecular weight excluding hydrogens is 1050 g/mol. The van der Waals surface area contributed by atoms with E-state index in [9.17, 15) is 8.22 Å². The number of nitrogens with zero attached hydrogens (tertiary/aromatic N) is 2. The van der Waals surface area contributed by atoms with Crippen molar-refractivity contribution in [2.75, 3.05) is 4.90 Å². The summed E-state index contributed by atoms with van der Waals surface area (Å²) in [6.07, 6.45) is 0. The first-order chi connectivity index (χ1) is 48.2. The maximum absolute atomic E-state index is 9.72. The predicted octanol–water partition coefficient (Wildman–Crippen LogP) is 19.5. The molecule has 0 N–H and O–H groups in total. The normalized spacial score (nSPS) is 15.5. The van der Waals surface area contributed by atoms with Crippen molar-refractivity contribution in [3.8, 4) is 72.8 Å². The van der Waals surface area contributed by atoms with E-state index < -0.39 is 78.6 Å². The van der Waals surface area contributed by atoms with Gasteiger partial charge in [-0.3, -0.25) is 0 Å². The van der Waals surface area contributed by atoms with E-state index in [-0.39, 0.29) is 44.9 Å². The van der Waals surface area contributed by atoms with Crippen molar-refractivity contribution in [2.45, 2.75) is 31.6 Å². The lowest BCUT2D eigenvalue weighted by Crippen LogP contribution is -2.59. The molecule has 14 aromatic rings. The van der Waals surface area contributed by atoms with E-state index in [0.29, 0.717) is 39.6 Å². The fourth-order valence-electron chi connectivity index (χ4n) is 14.2. The van der Waals surface area contributed by atoms with Crippen LogP contribution < -0.4 is 26.0 Å². The lowest BCUT2D eigenvalue weighted by Gasteiger charge is -2.42. The van der Waals surface area contributed by atoms with Gasteiger partial charge in [0, 0.05) is 39.0 Å². The van der Waals surface area contributed by atoms with E-state index in [4.69, 9.17) is 14.3 Å². The molecule has 0 bridgehead atoms. The topological polar surface area (TPSA) is 17.4 Å². The number of anilines is 3. The minimum atomic E-state index is -0.870. The van der Waals surface area contributed by atoms with Gasteiger partial charge in [-0.1, -0.05) is 269 Å². The zero-order chi connectivity index (χ0) is 69.3. The van der Waals surface area contributed by atoms with E-state index in [1.165, 1.54) is 0 Å². The summed E-state index contributed by atoms with van der Waals surface area (Å²) in [6.45, 7) is 5.94. The largest absolute Gasteiger partial charge is 0.458 e. The number of hydrogen-bond acceptors (Lipinski definition) is 2. The first-order valence-corrected chi connectivity index (χ1v) is 29.4. The maximum atomic E-state index is 9.72. The van der Waals surface area contributed by atoms with E-state index in [1.54, 1.807) is 16.7 Å². The highest BCUT2D eigenvalue weighted by atomic mass is 16.5. The molecule has 0 saturated heterocycles. The average molecular weight is 1120 g/mol. The highest BCUT2D eigenvalue weighted by Gasteiger charge is 2.49. The Morgan fingerprint density at radius 1 is 0.414 bits per heavy atom. The summed E-state index contributed by atoms with van der Waals surface area (Å²) < 4.78 is 128. The van der Waals surface area contributed by atoms with Crippen LogP contribution in [0.4, 0.5) is 17.1 Å². The molecule has 13 aromatic carbocycles. The van der Waals surface area contributed by atoms with Crippen LogP contribution in [0.1, 0.15) is 66.4 Å². The van der Waals surface area contributed by atoms with E-state index in [2.05, 4.69) is 165 Å². The summed E-state index contributed by atoms with van der Waals surface area (Å²) in [5.41, 5.74) is 16.5. The number of fused-ring (bicyclic) bond motifs is 10. The third-order valence-electron chi connectivity index (χ3n) is 18.0. The molecular formula is C83H59BN2O. The smallest absolute Gasteiger partial charge is 0.256 e. The third-order valence-corrected chi connectivity index (χ3v) is 18.0. The molecule has 1 aromatic heterocycles. The summed E-state index contributed by atoms with van der Waals surface area (Å²) in [7, 11) is 0. The van der Waals surface area contributed by atoms with Crippen molar-refractivity contribution >= 4 is 62.0 Å². The molecule has 0 spiro atoms. The lowest BCUT2D eigenvalue weighted by molar-refractivity contribution is 0.488. The molecule has 3 nitrogen and oxygen atoms in total. The molecule has 4 heteroatoms. The molecule has 0 saturated carbocycles. The van der Waals surface area contributed by atoms with E-state index in [1.807, 2.05) is 72.8 Å². The molecule has 0 atom stereocenters. The quantitative estimate of drug-likeness (QED) is 0.141. The van der Waals surface area contributed by atoms with E-state index in [0.717, 1.165) is 88.9 Å². The summed E-state index contributed by atoms with van der Waals surface area (Å²) in [6, 6.07) is 70.9. The zero-order valence-corrected chi connectivity index (χ0v) is 47.7. The Kier molecular flexibility index (Phi) is 8.84. The molecule has 17 rings (SSSR count). The first kappa shape index (κ1) is 39.0. The second kappa shape index (κ2) is 19.7. The highest BCUT2D eigenvalue weighted by Crippen LogP contribution is 2.60. The fraction of sp³-hybridized carbons (Fsp3) is 0.0602. The summed E-state index contributed by atoms with van der Waals surface area (Å²) in [5.74, 6) is 0.866. The number of aromatic nitrogens is 1. The van der Waals surface area contributed by atoms with Crippen LogP contribution in [0.2, 0.25) is 0 Å². The number of para-hydroxylation sites is 2. The molecule has 0 fully saturated rings. The lowest BCUT2D eigenvalue weighted by atomic mass is 9.34. The van der Waals surface area contributed by atoms with E-state index >= 15 is 0 Å². The molecule has 2 aliphatic heterocycles. The average Bonchev–Trinajstić information content (AvgIpc) is 1.31. The van der Waals surface area contributed by atoms with Crippen LogP contribution in [0.3, 0.4) is 0 Å². The summed E-state index contributed by atoms with van der Waals surface area (Å²) in [5, 5.41) is -0.101. The van der Waals surface area contributed by atoms with Gasteiger partial charge in [0.15, 0.2) is 0 Å². The van der Waals surface area contributed by atoms with Gasteiger partial charge in [0.05, 0.1) is 40.0 Å². The summed E-state index contributed by atoms with van der Waals surface area (Å²) in [4.78, 5) is 2.29. The minimum absolute atomic E-state index is 0.0118. The molecule has 3 aliphatic rings. The molecule has 0 radical (unpaired) electrons. The zero-order valence-electron chi connectivity index (χ0n) is 60.7. The molecule has 87 heavy (non-hydrogen) atoms. The second-order valence-electron chi connectivity index (χ2n) is 23.7.